The quantitative estimate of drug-likeness (QED) is 0.837. The van der Waals surface area contributed by atoms with Crippen molar-refractivity contribution in [1.82, 2.24) is 4.90 Å². The molecule has 1 unspecified atom stereocenters. The first-order chi connectivity index (χ1) is 8.51. The minimum atomic E-state index is -0.495. The van der Waals surface area contributed by atoms with Crippen LogP contribution in [0.2, 0.25) is 0 Å². The molecule has 0 aliphatic carbocycles. The highest BCUT2D eigenvalue weighted by Gasteiger charge is 2.19. The Morgan fingerprint density at radius 1 is 1.56 bits per heavy atom. The summed E-state index contributed by atoms with van der Waals surface area (Å²) < 4.78 is 13.1. The van der Waals surface area contributed by atoms with Gasteiger partial charge in [-0.2, -0.15) is 11.8 Å². The molecule has 0 bridgehead atoms. The fraction of sp³-hybridized carbons (Fsp3) is 0.462. The number of rotatable bonds is 5. The van der Waals surface area contributed by atoms with Crippen LogP contribution in [0.4, 0.5) is 10.1 Å². The van der Waals surface area contributed by atoms with Gasteiger partial charge in [-0.3, -0.25) is 4.79 Å². The van der Waals surface area contributed by atoms with Gasteiger partial charge in [-0.05, 0) is 30.9 Å². The Kier molecular flexibility index (Phi) is 5.47. The van der Waals surface area contributed by atoms with E-state index in [0.29, 0.717) is 5.56 Å². The maximum atomic E-state index is 13.1. The normalized spacial score (nSPS) is 12.2. The number of carbonyl (C=O) groups is 1. The lowest BCUT2D eigenvalue weighted by atomic mass is 10.1. The van der Waals surface area contributed by atoms with E-state index >= 15 is 0 Å². The maximum Gasteiger partial charge on any atom is 0.253 e. The standard InChI is InChI=1S/C13H19FN2OS/c1-4-10(8-18-3)16(2)13(17)9-5-6-11(14)12(15)7-9/h5-7,10H,4,8,15H2,1-3H3. The first-order valence-electron chi connectivity index (χ1n) is 5.82. The van der Waals surface area contributed by atoms with Crippen LogP contribution in [0.5, 0.6) is 0 Å². The number of thioether (sulfide) groups is 1. The highest BCUT2D eigenvalue weighted by Crippen LogP contribution is 2.16. The largest absolute Gasteiger partial charge is 0.396 e. The van der Waals surface area contributed by atoms with Crippen molar-refractivity contribution in [2.24, 2.45) is 0 Å². The van der Waals surface area contributed by atoms with Gasteiger partial charge in [-0.25, -0.2) is 4.39 Å². The van der Waals surface area contributed by atoms with Crippen LogP contribution in [0.15, 0.2) is 18.2 Å². The van der Waals surface area contributed by atoms with Crippen molar-refractivity contribution in [3.8, 4) is 0 Å². The van der Waals surface area contributed by atoms with Crippen LogP contribution in [0.1, 0.15) is 23.7 Å². The van der Waals surface area contributed by atoms with Gasteiger partial charge in [0, 0.05) is 24.4 Å². The highest BCUT2D eigenvalue weighted by molar-refractivity contribution is 7.98. The third-order valence-corrected chi connectivity index (χ3v) is 3.66. The van der Waals surface area contributed by atoms with Gasteiger partial charge in [-0.1, -0.05) is 6.92 Å². The molecule has 1 atom stereocenters. The summed E-state index contributed by atoms with van der Waals surface area (Å²) >= 11 is 1.70. The minimum absolute atomic E-state index is 0.00663. The Balaban J connectivity index is 2.88. The topological polar surface area (TPSA) is 46.3 Å². The van der Waals surface area contributed by atoms with Crippen molar-refractivity contribution < 1.29 is 9.18 Å². The molecule has 1 aromatic rings. The number of nitrogen functional groups attached to an aromatic ring is 1. The first kappa shape index (κ1) is 14.8. The molecule has 3 nitrogen and oxygen atoms in total. The van der Waals surface area contributed by atoms with Gasteiger partial charge in [0.15, 0.2) is 0 Å². The molecule has 0 aliphatic rings. The lowest BCUT2D eigenvalue weighted by molar-refractivity contribution is 0.0743. The summed E-state index contributed by atoms with van der Waals surface area (Å²) in [6, 6.07) is 4.26. The second-order valence-corrected chi connectivity index (χ2v) is 5.08. The zero-order valence-electron chi connectivity index (χ0n) is 10.9. The molecule has 0 aromatic heterocycles. The predicted molar refractivity (Wildman–Crippen MR) is 75.4 cm³/mol. The van der Waals surface area contributed by atoms with Crippen LogP contribution in [-0.4, -0.2) is 35.9 Å². The maximum absolute atomic E-state index is 13.1. The number of amides is 1. The Bertz CT molecular complexity index is 425. The Labute approximate surface area is 112 Å². The van der Waals surface area contributed by atoms with E-state index in [1.807, 2.05) is 13.2 Å². The molecule has 0 spiro atoms. The number of nitrogens with zero attached hydrogens (tertiary/aromatic N) is 1. The number of anilines is 1. The second kappa shape index (κ2) is 6.64. The first-order valence-corrected chi connectivity index (χ1v) is 7.21. The summed E-state index contributed by atoms with van der Waals surface area (Å²) in [5.41, 5.74) is 5.91. The molecule has 0 saturated heterocycles. The van der Waals surface area contributed by atoms with Gasteiger partial charge in [-0.15, -0.1) is 0 Å². The fourth-order valence-electron chi connectivity index (χ4n) is 1.74. The van der Waals surface area contributed by atoms with E-state index in [1.165, 1.54) is 18.2 Å². The summed E-state index contributed by atoms with van der Waals surface area (Å²) in [4.78, 5) is 13.9. The Morgan fingerprint density at radius 3 is 2.72 bits per heavy atom. The number of carbonyl (C=O) groups excluding carboxylic acids is 1. The Morgan fingerprint density at radius 2 is 2.22 bits per heavy atom. The molecule has 1 aromatic carbocycles. The molecular weight excluding hydrogens is 251 g/mol. The van der Waals surface area contributed by atoms with Crippen LogP contribution in [0.3, 0.4) is 0 Å². The monoisotopic (exact) mass is 270 g/mol. The second-order valence-electron chi connectivity index (χ2n) is 4.17. The van der Waals surface area contributed by atoms with Gasteiger partial charge in [0.2, 0.25) is 0 Å². The third kappa shape index (κ3) is 3.38. The lowest BCUT2D eigenvalue weighted by Crippen LogP contribution is -2.38. The summed E-state index contributed by atoms with van der Waals surface area (Å²) in [7, 11) is 1.77. The van der Waals surface area contributed by atoms with Crippen LogP contribution < -0.4 is 5.73 Å². The molecular formula is C13H19FN2OS. The van der Waals surface area contributed by atoms with E-state index in [-0.39, 0.29) is 17.6 Å². The zero-order chi connectivity index (χ0) is 13.7. The summed E-state index contributed by atoms with van der Waals surface area (Å²) in [6.45, 7) is 2.05. The lowest BCUT2D eigenvalue weighted by Gasteiger charge is -2.27. The molecule has 0 fully saturated rings. The molecule has 0 heterocycles. The van der Waals surface area contributed by atoms with Gasteiger partial charge in [0.25, 0.3) is 5.91 Å². The van der Waals surface area contributed by atoms with Crippen molar-refractivity contribution in [3.63, 3.8) is 0 Å². The summed E-state index contributed by atoms with van der Waals surface area (Å²) in [6.07, 6.45) is 2.90. The summed E-state index contributed by atoms with van der Waals surface area (Å²) in [5.74, 6) is 0.267. The molecule has 18 heavy (non-hydrogen) atoms. The van der Waals surface area contributed by atoms with Crippen molar-refractivity contribution in [1.29, 1.82) is 0 Å². The smallest absolute Gasteiger partial charge is 0.253 e. The van der Waals surface area contributed by atoms with Crippen LogP contribution in [0.25, 0.3) is 0 Å². The van der Waals surface area contributed by atoms with E-state index in [2.05, 4.69) is 0 Å². The summed E-state index contributed by atoms with van der Waals surface area (Å²) in [5, 5.41) is 0. The van der Waals surface area contributed by atoms with Crippen molar-refractivity contribution >= 4 is 23.4 Å². The molecule has 1 amide bonds. The fourth-order valence-corrected chi connectivity index (χ4v) is 2.59. The third-order valence-electron chi connectivity index (χ3n) is 2.94. The average molecular weight is 270 g/mol. The number of halogens is 1. The number of benzene rings is 1. The van der Waals surface area contributed by atoms with Crippen molar-refractivity contribution in [2.45, 2.75) is 19.4 Å². The van der Waals surface area contributed by atoms with E-state index in [4.69, 9.17) is 5.73 Å². The van der Waals surface area contributed by atoms with E-state index < -0.39 is 5.82 Å². The highest BCUT2D eigenvalue weighted by atomic mass is 32.2. The van der Waals surface area contributed by atoms with Crippen LogP contribution in [0, 0.1) is 5.82 Å². The van der Waals surface area contributed by atoms with Crippen LogP contribution >= 0.6 is 11.8 Å². The predicted octanol–water partition coefficient (Wildman–Crippen LogP) is 2.62. The van der Waals surface area contributed by atoms with Gasteiger partial charge in [0.05, 0.1) is 5.69 Å². The molecule has 0 radical (unpaired) electrons. The van der Waals surface area contributed by atoms with Gasteiger partial charge in [0.1, 0.15) is 5.82 Å². The van der Waals surface area contributed by atoms with E-state index in [0.717, 1.165) is 12.2 Å². The van der Waals surface area contributed by atoms with Gasteiger partial charge >= 0.3 is 0 Å². The number of nitrogens with two attached hydrogens (primary N) is 1. The van der Waals surface area contributed by atoms with Crippen molar-refractivity contribution in [2.75, 3.05) is 24.8 Å². The van der Waals surface area contributed by atoms with E-state index in [9.17, 15) is 9.18 Å². The molecule has 1 rings (SSSR count). The molecule has 5 heteroatoms. The molecule has 2 N–H and O–H groups in total. The number of hydrogen-bond donors (Lipinski definition) is 1. The molecule has 0 saturated carbocycles. The van der Waals surface area contributed by atoms with E-state index in [1.54, 1.807) is 23.7 Å². The average Bonchev–Trinajstić information content (AvgIpc) is 2.37. The minimum Gasteiger partial charge on any atom is -0.396 e. The van der Waals surface area contributed by atoms with Gasteiger partial charge < -0.3 is 10.6 Å². The molecule has 0 aliphatic heterocycles. The van der Waals surface area contributed by atoms with Crippen LogP contribution in [-0.2, 0) is 0 Å². The number of hydrogen-bond acceptors (Lipinski definition) is 3. The SMILES string of the molecule is CCC(CSC)N(C)C(=O)c1ccc(F)c(N)c1. The zero-order valence-corrected chi connectivity index (χ0v) is 11.8. The molecule has 100 valence electrons. The Hall–Kier alpha value is -1.23. The van der Waals surface area contributed by atoms with Crippen molar-refractivity contribution in [3.05, 3.63) is 29.6 Å².